The monoisotopic (exact) mass is 556 g/mol. The average molecular weight is 557 g/mol. The number of fused-ring (bicyclic) bond motifs is 5. The van der Waals surface area contributed by atoms with Crippen molar-refractivity contribution in [3.05, 3.63) is 47.0 Å². The van der Waals surface area contributed by atoms with E-state index in [1.165, 1.54) is 0 Å². The molecule has 2 saturated carbocycles. The summed E-state index contributed by atoms with van der Waals surface area (Å²) in [6.45, 7) is 12.7. The lowest BCUT2D eigenvalue weighted by atomic mass is 9.41. The van der Waals surface area contributed by atoms with Crippen LogP contribution in [0.4, 0.5) is 0 Å². The molecule has 1 saturated heterocycles. The van der Waals surface area contributed by atoms with E-state index in [1.54, 1.807) is 27.7 Å². The molecule has 0 aromatic heterocycles. The fourth-order valence-electron chi connectivity index (χ4n) is 8.76. The molecule has 220 valence electrons. The highest BCUT2D eigenvalue weighted by Crippen LogP contribution is 2.65. The maximum Gasteiger partial charge on any atom is 0.336 e. The summed E-state index contributed by atoms with van der Waals surface area (Å²) in [6.07, 6.45) is -3.96. The van der Waals surface area contributed by atoms with E-state index in [0.29, 0.717) is 17.6 Å². The van der Waals surface area contributed by atoms with Crippen LogP contribution < -0.4 is 0 Å². The molecule has 7 unspecified atom stereocenters. The molecular formula is C32H44O8. The highest BCUT2D eigenvalue weighted by atomic mass is 16.6. The summed E-state index contributed by atoms with van der Waals surface area (Å²) in [4.78, 5) is 27.5. The predicted octanol–water partition coefficient (Wildman–Crippen LogP) is 2.91. The maximum absolute atomic E-state index is 14.3. The number of aliphatic hydroxyl groups excluding tert-OH is 2. The van der Waals surface area contributed by atoms with Gasteiger partial charge in [0, 0.05) is 29.1 Å². The predicted molar refractivity (Wildman–Crippen MR) is 147 cm³/mol. The van der Waals surface area contributed by atoms with Crippen LogP contribution in [-0.4, -0.2) is 74.4 Å². The van der Waals surface area contributed by atoms with Gasteiger partial charge in [0.05, 0.1) is 18.3 Å². The highest BCUT2D eigenvalue weighted by Gasteiger charge is 2.73. The topological polar surface area (TPSA) is 134 Å². The fourth-order valence-corrected chi connectivity index (χ4v) is 8.76. The Kier molecular flexibility index (Phi) is 6.95. The van der Waals surface area contributed by atoms with E-state index in [0.717, 1.165) is 5.56 Å². The molecule has 0 radical (unpaired) electrons. The zero-order valence-electron chi connectivity index (χ0n) is 24.5. The molecule has 8 heteroatoms. The maximum atomic E-state index is 14.3. The Bertz CT molecular complexity index is 1220. The summed E-state index contributed by atoms with van der Waals surface area (Å²) in [7, 11) is 0. The van der Waals surface area contributed by atoms with E-state index in [-0.39, 0.29) is 18.9 Å². The van der Waals surface area contributed by atoms with Gasteiger partial charge in [0.25, 0.3) is 0 Å². The zero-order chi connectivity index (χ0) is 29.6. The van der Waals surface area contributed by atoms with E-state index in [1.807, 2.05) is 51.1 Å². The quantitative estimate of drug-likeness (QED) is 0.329. The molecule has 0 spiro atoms. The van der Waals surface area contributed by atoms with Crippen LogP contribution >= 0.6 is 0 Å². The van der Waals surface area contributed by atoms with Gasteiger partial charge in [-0.1, -0.05) is 71.9 Å². The van der Waals surface area contributed by atoms with Gasteiger partial charge >= 0.3 is 5.97 Å². The first-order valence-electron chi connectivity index (χ1n) is 14.5. The van der Waals surface area contributed by atoms with Crippen molar-refractivity contribution in [3.63, 3.8) is 0 Å². The summed E-state index contributed by atoms with van der Waals surface area (Å²) >= 11 is 0. The number of carbonyl (C=O) groups is 2. The average Bonchev–Trinajstić information content (AvgIpc) is 2.91. The zero-order valence-corrected chi connectivity index (χ0v) is 24.5. The number of aliphatic hydroxyl groups is 4. The molecule has 40 heavy (non-hydrogen) atoms. The van der Waals surface area contributed by atoms with Crippen molar-refractivity contribution in [2.45, 2.75) is 103 Å². The molecule has 0 amide bonds. The van der Waals surface area contributed by atoms with Crippen LogP contribution in [0, 0.1) is 28.6 Å². The normalized spacial score (nSPS) is 43.8. The lowest BCUT2D eigenvalue weighted by molar-refractivity contribution is -0.329. The number of rotatable bonds is 4. The molecule has 5 rings (SSSR count). The Hall–Kier alpha value is -2.10. The lowest BCUT2D eigenvalue weighted by Crippen LogP contribution is -2.77. The number of hydrogen-bond donors (Lipinski definition) is 4. The van der Waals surface area contributed by atoms with E-state index in [4.69, 9.17) is 9.47 Å². The third kappa shape index (κ3) is 3.76. The minimum absolute atomic E-state index is 0.00183. The van der Waals surface area contributed by atoms with Crippen molar-refractivity contribution in [2.24, 2.45) is 28.6 Å². The van der Waals surface area contributed by atoms with Crippen LogP contribution in [0.1, 0.15) is 72.8 Å². The standard InChI is InChI=1S/C32H44O8/c1-16-13-22-31(37,15-39-22)26-19(4)32(38)14-21(40-28(36)24(33)17(2)20-11-9-8-10-12-20)18(3)23(29(32,5)6)25(34)27(35)30(16,26)7/h8-12,16-17,19,21-22,24-26,33-34,37-38H,13-15H2,1-7H3/t16-,17-,19-,21?,22?,24?,25?,26?,30+,31?,32?/m0/s1. The van der Waals surface area contributed by atoms with Crippen LogP contribution in [0.15, 0.2) is 41.5 Å². The van der Waals surface area contributed by atoms with Gasteiger partial charge in [-0.3, -0.25) is 4.79 Å². The number of Topliss-reactive ketones (excluding diaryl/α,β-unsaturated/α-hetero) is 1. The molecule has 1 heterocycles. The molecule has 8 nitrogen and oxygen atoms in total. The largest absolute Gasteiger partial charge is 0.456 e. The molecule has 2 bridgehead atoms. The molecule has 1 aromatic rings. The Balaban J connectivity index is 1.57. The van der Waals surface area contributed by atoms with Crippen LogP contribution in [0.5, 0.6) is 0 Å². The van der Waals surface area contributed by atoms with E-state index < -0.39 is 76.0 Å². The van der Waals surface area contributed by atoms with Gasteiger partial charge < -0.3 is 29.9 Å². The Morgan fingerprint density at radius 2 is 1.75 bits per heavy atom. The number of hydrogen-bond acceptors (Lipinski definition) is 8. The molecular weight excluding hydrogens is 512 g/mol. The second-order valence-corrected chi connectivity index (χ2v) is 13.7. The lowest BCUT2D eigenvalue weighted by Gasteiger charge is -2.68. The van der Waals surface area contributed by atoms with Gasteiger partial charge in [0.15, 0.2) is 11.9 Å². The summed E-state index contributed by atoms with van der Waals surface area (Å²) in [5.74, 6) is -3.30. The van der Waals surface area contributed by atoms with Gasteiger partial charge in [0.1, 0.15) is 17.8 Å². The number of ether oxygens (including phenoxy) is 2. The molecule has 1 aliphatic heterocycles. The van der Waals surface area contributed by atoms with E-state index >= 15 is 0 Å². The van der Waals surface area contributed by atoms with Gasteiger partial charge in [-0.2, -0.15) is 0 Å². The summed E-state index contributed by atoms with van der Waals surface area (Å²) in [6, 6.07) is 9.16. The first-order chi connectivity index (χ1) is 18.5. The number of esters is 1. The Morgan fingerprint density at radius 3 is 2.33 bits per heavy atom. The van der Waals surface area contributed by atoms with Crippen molar-refractivity contribution in [2.75, 3.05) is 6.61 Å². The first-order valence-corrected chi connectivity index (χ1v) is 14.5. The second kappa shape index (κ2) is 9.46. The molecule has 11 atom stereocenters. The van der Waals surface area contributed by atoms with Crippen LogP contribution in [0.25, 0.3) is 0 Å². The van der Waals surface area contributed by atoms with Gasteiger partial charge in [0.2, 0.25) is 0 Å². The number of benzene rings is 1. The fraction of sp³-hybridized carbons (Fsp3) is 0.688. The Morgan fingerprint density at radius 1 is 1.12 bits per heavy atom. The van der Waals surface area contributed by atoms with Crippen LogP contribution in [-0.2, 0) is 19.1 Å². The third-order valence-electron chi connectivity index (χ3n) is 11.6. The highest BCUT2D eigenvalue weighted by molar-refractivity contribution is 5.93. The minimum Gasteiger partial charge on any atom is -0.456 e. The van der Waals surface area contributed by atoms with E-state index in [9.17, 15) is 30.0 Å². The summed E-state index contributed by atoms with van der Waals surface area (Å²) in [5.41, 5.74) is -3.47. The molecule has 4 N–H and O–H groups in total. The van der Waals surface area contributed by atoms with Crippen molar-refractivity contribution < 1.29 is 39.5 Å². The summed E-state index contributed by atoms with van der Waals surface area (Å²) < 4.78 is 11.6. The van der Waals surface area contributed by atoms with Crippen LogP contribution in [0.2, 0.25) is 0 Å². The van der Waals surface area contributed by atoms with Gasteiger partial charge in [-0.15, -0.1) is 0 Å². The SMILES string of the molecule is CC1=C2C(O)C(=O)[C@@]3(C)C([C@H](C)C(O)(CC1OC(=O)C(O)[C@@H](C)c1ccccc1)C2(C)C)C1(O)COC1C[C@@H]3C. The molecule has 3 aliphatic carbocycles. The first kappa shape index (κ1) is 29.4. The minimum atomic E-state index is -1.57. The van der Waals surface area contributed by atoms with Gasteiger partial charge in [-0.05, 0) is 41.9 Å². The third-order valence-corrected chi connectivity index (χ3v) is 11.6. The van der Waals surface area contributed by atoms with E-state index in [2.05, 4.69) is 0 Å². The molecule has 3 fully saturated rings. The van der Waals surface area contributed by atoms with Crippen LogP contribution in [0.3, 0.4) is 0 Å². The number of ketones is 1. The smallest absolute Gasteiger partial charge is 0.336 e. The van der Waals surface area contributed by atoms with Crippen molar-refractivity contribution in [1.82, 2.24) is 0 Å². The summed E-state index contributed by atoms with van der Waals surface area (Å²) in [5, 5.41) is 47.2. The molecule has 1 aromatic carbocycles. The van der Waals surface area contributed by atoms with Crippen molar-refractivity contribution >= 4 is 11.8 Å². The molecule has 4 aliphatic rings. The second-order valence-electron chi connectivity index (χ2n) is 13.7. The number of carbonyl (C=O) groups excluding carboxylic acids is 2. The van der Waals surface area contributed by atoms with Gasteiger partial charge in [-0.25, -0.2) is 4.79 Å². The van der Waals surface area contributed by atoms with Crippen molar-refractivity contribution in [1.29, 1.82) is 0 Å². The van der Waals surface area contributed by atoms with Crippen molar-refractivity contribution in [3.8, 4) is 0 Å². The Labute approximate surface area is 236 Å².